The zero-order valence-corrected chi connectivity index (χ0v) is 10.4. The highest BCUT2D eigenvalue weighted by Gasteiger charge is 2.12. The van der Waals surface area contributed by atoms with Gasteiger partial charge < -0.3 is 10.2 Å². The van der Waals surface area contributed by atoms with E-state index in [1.807, 2.05) is 52.1 Å². The summed E-state index contributed by atoms with van der Waals surface area (Å²) in [6.45, 7) is 6.44. The minimum absolute atomic E-state index is 0.0861. The van der Waals surface area contributed by atoms with Gasteiger partial charge in [-0.15, -0.1) is 0 Å². The van der Waals surface area contributed by atoms with E-state index >= 15 is 0 Å². The first kappa shape index (κ1) is 12.7. The van der Waals surface area contributed by atoms with Gasteiger partial charge in [0, 0.05) is 18.8 Å². The second-order valence-electron chi connectivity index (χ2n) is 4.27. The lowest BCUT2D eigenvalue weighted by molar-refractivity contribution is -0.117. The number of likely N-dealkylation sites (N-methyl/N-ethyl adjacent to an activating group) is 1. The van der Waals surface area contributed by atoms with Crippen LogP contribution in [0.2, 0.25) is 0 Å². The normalized spacial score (nSPS) is 10.6. The quantitative estimate of drug-likeness (QED) is 0.841. The summed E-state index contributed by atoms with van der Waals surface area (Å²) < 4.78 is 0. The van der Waals surface area contributed by atoms with Gasteiger partial charge in [-0.25, -0.2) is 0 Å². The van der Waals surface area contributed by atoms with Crippen molar-refractivity contribution in [2.75, 3.05) is 18.5 Å². The minimum Gasteiger partial charge on any atom is -0.314 e. The molecule has 0 saturated heterocycles. The molecule has 0 spiro atoms. The number of nitrogens with zero attached hydrogens (tertiary/aromatic N) is 1. The Bertz CT molecular complexity index is 361. The fourth-order valence-corrected chi connectivity index (χ4v) is 1.48. The monoisotopic (exact) mass is 220 g/mol. The number of rotatable bonds is 4. The third-order valence-corrected chi connectivity index (χ3v) is 2.51. The smallest absolute Gasteiger partial charge is 0.240 e. The molecule has 0 unspecified atom stereocenters. The number of hydrogen-bond acceptors (Lipinski definition) is 2. The predicted octanol–water partition coefficient (Wildman–Crippen LogP) is 1.96. The van der Waals surface area contributed by atoms with Crippen molar-refractivity contribution in [1.29, 1.82) is 0 Å². The van der Waals surface area contributed by atoms with Gasteiger partial charge in [-0.3, -0.25) is 4.79 Å². The molecule has 0 atom stereocenters. The number of aryl methyl sites for hydroxylation is 1. The van der Waals surface area contributed by atoms with E-state index in [1.165, 1.54) is 0 Å². The molecule has 88 valence electrons. The summed E-state index contributed by atoms with van der Waals surface area (Å²) in [4.78, 5) is 13.6. The second-order valence-corrected chi connectivity index (χ2v) is 4.27. The maximum atomic E-state index is 11.9. The van der Waals surface area contributed by atoms with Crippen molar-refractivity contribution in [3.8, 4) is 0 Å². The van der Waals surface area contributed by atoms with E-state index in [-0.39, 0.29) is 5.91 Å². The highest BCUT2D eigenvalue weighted by molar-refractivity contribution is 5.94. The van der Waals surface area contributed by atoms with Gasteiger partial charge in [0.2, 0.25) is 5.91 Å². The Morgan fingerprint density at radius 3 is 2.56 bits per heavy atom. The Labute approximate surface area is 97.5 Å². The summed E-state index contributed by atoms with van der Waals surface area (Å²) >= 11 is 0. The predicted molar refractivity (Wildman–Crippen MR) is 67.7 cm³/mol. The van der Waals surface area contributed by atoms with Crippen LogP contribution in [0.1, 0.15) is 19.4 Å². The molecule has 3 nitrogen and oxygen atoms in total. The summed E-state index contributed by atoms with van der Waals surface area (Å²) in [5.41, 5.74) is 2.08. The Morgan fingerprint density at radius 2 is 2.00 bits per heavy atom. The van der Waals surface area contributed by atoms with Crippen LogP contribution in [0.15, 0.2) is 24.3 Å². The Morgan fingerprint density at radius 1 is 1.38 bits per heavy atom. The lowest BCUT2D eigenvalue weighted by Crippen LogP contribution is -2.38. The molecular formula is C13H20N2O. The van der Waals surface area contributed by atoms with Crippen molar-refractivity contribution in [2.45, 2.75) is 26.8 Å². The average Bonchev–Trinajstić information content (AvgIpc) is 2.25. The van der Waals surface area contributed by atoms with Crippen LogP contribution >= 0.6 is 0 Å². The topological polar surface area (TPSA) is 32.3 Å². The fraction of sp³-hybridized carbons (Fsp3) is 0.462. The van der Waals surface area contributed by atoms with Crippen molar-refractivity contribution in [3.05, 3.63) is 29.8 Å². The molecule has 0 aliphatic carbocycles. The number of para-hydroxylation sites is 1. The number of hydrogen-bond donors (Lipinski definition) is 1. The van der Waals surface area contributed by atoms with Gasteiger partial charge in [0.25, 0.3) is 0 Å². The highest BCUT2D eigenvalue weighted by Crippen LogP contribution is 2.17. The minimum atomic E-state index is 0.0861. The van der Waals surface area contributed by atoms with Gasteiger partial charge in [0.1, 0.15) is 0 Å². The van der Waals surface area contributed by atoms with Crippen LogP contribution in [0.4, 0.5) is 5.69 Å². The Balaban J connectivity index is 2.67. The Kier molecular flexibility index (Phi) is 4.50. The number of carbonyl (C=O) groups is 1. The van der Waals surface area contributed by atoms with Crippen LogP contribution in [0.5, 0.6) is 0 Å². The molecule has 1 aromatic carbocycles. The third-order valence-electron chi connectivity index (χ3n) is 2.51. The van der Waals surface area contributed by atoms with Gasteiger partial charge in [-0.1, -0.05) is 32.0 Å². The molecular weight excluding hydrogens is 200 g/mol. The van der Waals surface area contributed by atoms with Gasteiger partial charge in [-0.05, 0) is 18.6 Å². The summed E-state index contributed by atoms with van der Waals surface area (Å²) in [6.07, 6.45) is 0. The van der Waals surface area contributed by atoms with E-state index in [2.05, 4.69) is 5.32 Å². The molecule has 0 aliphatic rings. The number of anilines is 1. The second kappa shape index (κ2) is 5.66. The van der Waals surface area contributed by atoms with Crippen molar-refractivity contribution >= 4 is 11.6 Å². The molecule has 0 radical (unpaired) electrons. The van der Waals surface area contributed by atoms with E-state index in [0.717, 1.165) is 11.3 Å². The van der Waals surface area contributed by atoms with Crippen molar-refractivity contribution in [1.82, 2.24) is 5.32 Å². The van der Waals surface area contributed by atoms with Gasteiger partial charge in [-0.2, -0.15) is 0 Å². The van der Waals surface area contributed by atoms with Crippen molar-refractivity contribution in [3.63, 3.8) is 0 Å². The molecule has 16 heavy (non-hydrogen) atoms. The van der Waals surface area contributed by atoms with Crippen LogP contribution in [-0.2, 0) is 4.79 Å². The van der Waals surface area contributed by atoms with Crippen LogP contribution in [-0.4, -0.2) is 25.5 Å². The SMILES string of the molecule is Cc1ccccc1N(C)C(=O)CNC(C)C. The molecule has 1 rings (SSSR count). The first-order valence-electron chi connectivity index (χ1n) is 5.58. The van der Waals surface area contributed by atoms with Crippen LogP contribution in [0.3, 0.4) is 0 Å². The van der Waals surface area contributed by atoms with E-state index in [0.29, 0.717) is 12.6 Å². The number of amides is 1. The first-order valence-corrected chi connectivity index (χ1v) is 5.58. The zero-order valence-electron chi connectivity index (χ0n) is 10.4. The van der Waals surface area contributed by atoms with Gasteiger partial charge >= 0.3 is 0 Å². The molecule has 0 aliphatic heterocycles. The largest absolute Gasteiger partial charge is 0.314 e. The zero-order chi connectivity index (χ0) is 12.1. The fourth-order valence-electron chi connectivity index (χ4n) is 1.48. The average molecular weight is 220 g/mol. The van der Waals surface area contributed by atoms with Crippen LogP contribution < -0.4 is 10.2 Å². The van der Waals surface area contributed by atoms with Crippen LogP contribution in [0, 0.1) is 6.92 Å². The summed E-state index contributed by atoms with van der Waals surface area (Å²) in [6, 6.07) is 8.22. The number of benzene rings is 1. The molecule has 3 heteroatoms. The summed E-state index contributed by atoms with van der Waals surface area (Å²) in [7, 11) is 1.81. The molecule has 0 fully saturated rings. The molecule has 0 aromatic heterocycles. The van der Waals surface area contributed by atoms with E-state index in [9.17, 15) is 4.79 Å². The third kappa shape index (κ3) is 3.35. The molecule has 0 bridgehead atoms. The maximum absolute atomic E-state index is 11.9. The number of nitrogens with one attached hydrogen (secondary N) is 1. The molecule has 1 aromatic rings. The first-order chi connectivity index (χ1) is 7.52. The van der Waals surface area contributed by atoms with E-state index in [1.54, 1.807) is 4.90 Å². The molecule has 1 N–H and O–H groups in total. The molecule has 0 heterocycles. The number of carbonyl (C=O) groups excluding carboxylic acids is 1. The van der Waals surface area contributed by atoms with Gasteiger partial charge in [0.15, 0.2) is 0 Å². The lowest BCUT2D eigenvalue weighted by Gasteiger charge is -2.20. The standard InChI is InChI=1S/C13H20N2O/c1-10(2)14-9-13(16)15(4)12-8-6-5-7-11(12)3/h5-8,10,14H,9H2,1-4H3. The lowest BCUT2D eigenvalue weighted by atomic mass is 10.2. The summed E-state index contributed by atoms with van der Waals surface area (Å²) in [5.74, 6) is 0.0861. The Hall–Kier alpha value is -1.35. The molecule has 1 amide bonds. The summed E-state index contributed by atoms with van der Waals surface area (Å²) in [5, 5.41) is 3.12. The van der Waals surface area contributed by atoms with Crippen LogP contribution in [0.25, 0.3) is 0 Å². The molecule has 0 saturated carbocycles. The van der Waals surface area contributed by atoms with Crippen molar-refractivity contribution < 1.29 is 4.79 Å². The maximum Gasteiger partial charge on any atom is 0.240 e. The highest BCUT2D eigenvalue weighted by atomic mass is 16.2. The van der Waals surface area contributed by atoms with E-state index in [4.69, 9.17) is 0 Å². The van der Waals surface area contributed by atoms with E-state index < -0.39 is 0 Å². The van der Waals surface area contributed by atoms with Crippen molar-refractivity contribution in [2.24, 2.45) is 0 Å². The van der Waals surface area contributed by atoms with Gasteiger partial charge in [0.05, 0.1) is 6.54 Å².